The molecule has 104 valence electrons. The Bertz CT molecular complexity index is 310. The van der Waals surface area contributed by atoms with Gasteiger partial charge in [-0.1, -0.05) is 0 Å². The average Bonchev–Trinajstić information content (AvgIpc) is 2.38. The normalized spacial score (nSPS) is 17.7. The Morgan fingerprint density at radius 2 is 1.78 bits per heavy atom. The van der Waals surface area contributed by atoms with E-state index in [1.165, 1.54) is 7.11 Å². The summed E-state index contributed by atoms with van der Waals surface area (Å²) in [6, 6.07) is 0. The van der Waals surface area contributed by atoms with Gasteiger partial charge in [-0.05, 0) is 20.9 Å². The summed E-state index contributed by atoms with van der Waals surface area (Å²) < 4.78 is 4.63. The van der Waals surface area contributed by atoms with Crippen molar-refractivity contribution in [2.24, 2.45) is 0 Å². The highest BCUT2D eigenvalue weighted by Gasteiger charge is 2.32. The van der Waals surface area contributed by atoms with Crippen LogP contribution < -0.4 is 5.32 Å². The minimum atomic E-state index is -0.537. The van der Waals surface area contributed by atoms with E-state index >= 15 is 0 Å². The van der Waals surface area contributed by atoms with Crippen LogP contribution in [0.5, 0.6) is 0 Å². The molecule has 1 fully saturated rings. The molecule has 0 saturated carbocycles. The zero-order valence-corrected chi connectivity index (χ0v) is 11.7. The lowest BCUT2D eigenvalue weighted by Crippen LogP contribution is -2.58. The maximum Gasteiger partial charge on any atom is 0.319 e. The molecule has 0 bridgehead atoms. The van der Waals surface area contributed by atoms with Crippen molar-refractivity contribution in [2.75, 3.05) is 46.9 Å². The van der Waals surface area contributed by atoms with E-state index in [1.54, 1.807) is 7.05 Å². The molecule has 18 heavy (non-hydrogen) atoms. The first-order valence-corrected chi connectivity index (χ1v) is 6.18. The number of amides is 1. The maximum atomic E-state index is 12.2. The Morgan fingerprint density at radius 1 is 1.22 bits per heavy atom. The number of methoxy groups -OCH3 is 1. The molecule has 0 aromatic carbocycles. The van der Waals surface area contributed by atoms with Gasteiger partial charge in [0.15, 0.2) is 0 Å². The second-order valence-electron chi connectivity index (χ2n) is 5.02. The quantitative estimate of drug-likeness (QED) is 0.675. The van der Waals surface area contributed by atoms with Crippen molar-refractivity contribution < 1.29 is 14.3 Å². The summed E-state index contributed by atoms with van der Waals surface area (Å²) in [7, 11) is 3.17. The number of carbonyl (C=O) groups is 2. The Morgan fingerprint density at radius 3 is 2.22 bits per heavy atom. The fourth-order valence-electron chi connectivity index (χ4n) is 1.86. The molecule has 1 saturated heterocycles. The van der Waals surface area contributed by atoms with Crippen LogP contribution in [0.2, 0.25) is 0 Å². The summed E-state index contributed by atoms with van der Waals surface area (Å²) in [5, 5.41) is 3.01. The average molecular weight is 257 g/mol. The molecule has 0 unspecified atom stereocenters. The number of hydrogen-bond donors (Lipinski definition) is 1. The molecule has 0 atom stereocenters. The Kier molecular flexibility index (Phi) is 5.10. The van der Waals surface area contributed by atoms with Crippen LogP contribution in [-0.4, -0.2) is 74.1 Å². The highest BCUT2D eigenvalue weighted by Crippen LogP contribution is 2.10. The number of nitrogens with one attached hydrogen (secondary N) is 1. The lowest BCUT2D eigenvalue weighted by molar-refractivity contribution is -0.143. The lowest BCUT2D eigenvalue weighted by atomic mass is 10.0. The van der Waals surface area contributed by atoms with Crippen LogP contribution in [0.3, 0.4) is 0 Å². The second kappa shape index (κ2) is 6.15. The van der Waals surface area contributed by atoms with E-state index in [2.05, 4.69) is 10.1 Å². The summed E-state index contributed by atoms with van der Waals surface area (Å²) in [5.74, 6) is -0.131. The molecule has 0 aromatic rings. The van der Waals surface area contributed by atoms with E-state index in [4.69, 9.17) is 0 Å². The first-order chi connectivity index (χ1) is 8.40. The van der Waals surface area contributed by atoms with Crippen molar-refractivity contribution in [3.8, 4) is 0 Å². The number of hydrogen-bond acceptors (Lipinski definition) is 5. The number of esters is 1. The van der Waals surface area contributed by atoms with Crippen molar-refractivity contribution in [3.63, 3.8) is 0 Å². The maximum absolute atomic E-state index is 12.2. The van der Waals surface area contributed by atoms with Crippen molar-refractivity contribution in [3.05, 3.63) is 0 Å². The highest BCUT2D eigenvalue weighted by molar-refractivity contribution is 5.85. The number of piperazine rings is 1. The number of ether oxygens (including phenoxy) is 1. The minimum absolute atomic E-state index is 0.0997. The zero-order valence-electron chi connectivity index (χ0n) is 11.7. The fourth-order valence-corrected chi connectivity index (χ4v) is 1.86. The van der Waals surface area contributed by atoms with Crippen molar-refractivity contribution >= 4 is 11.9 Å². The molecular formula is C12H23N3O3. The monoisotopic (exact) mass is 257 g/mol. The predicted molar refractivity (Wildman–Crippen MR) is 68.2 cm³/mol. The van der Waals surface area contributed by atoms with Gasteiger partial charge in [-0.15, -0.1) is 0 Å². The van der Waals surface area contributed by atoms with Crippen LogP contribution in [0.25, 0.3) is 0 Å². The van der Waals surface area contributed by atoms with Crippen LogP contribution in [0.15, 0.2) is 0 Å². The summed E-state index contributed by atoms with van der Waals surface area (Å²) in [6.45, 7) is 6.77. The molecule has 0 radical (unpaired) electrons. The van der Waals surface area contributed by atoms with Crippen molar-refractivity contribution in [1.82, 2.24) is 15.1 Å². The number of likely N-dealkylation sites (N-methyl/N-ethyl adjacent to an activating group) is 1. The molecular weight excluding hydrogens is 234 g/mol. The van der Waals surface area contributed by atoms with Gasteiger partial charge in [0, 0.05) is 26.2 Å². The zero-order chi connectivity index (χ0) is 13.8. The summed E-state index contributed by atoms with van der Waals surface area (Å²) in [5.41, 5.74) is -0.537. The van der Waals surface area contributed by atoms with Gasteiger partial charge in [-0.2, -0.15) is 0 Å². The molecule has 6 heteroatoms. The van der Waals surface area contributed by atoms with Gasteiger partial charge >= 0.3 is 5.97 Å². The Balaban J connectivity index is 2.44. The first kappa shape index (κ1) is 14.9. The third-order valence-corrected chi connectivity index (χ3v) is 3.40. The fraction of sp³-hybridized carbons (Fsp3) is 0.833. The van der Waals surface area contributed by atoms with E-state index in [9.17, 15) is 9.59 Å². The molecule has 1 aliphatic heterocycles. The van der Waals surface area contributed by atoms with E-state index in [-0.39, 0.29) is 11.9 Å². The van der Waals surface area contributed by atoms with Crippen LogP contribution in [0.4, 0.5) is 0 Å². The lowest BCUT2D eigenvalue weighted by Gasteiger charge is -2.38. The minimum Gasteiger partial charge on any atom is -0.468 e. The van der Waals surface area contributed by atoms with Gasteiger partial charge in [0.2, 0.25) is 5.91 Å². The van der Waals surface area contributed by atoms with E-state index in [0.717, 1.165) is 0 Å². The summed E-state index contributed by atoms with van der Waals surface area (Å²) >= 11 is 0. The second-order valence-corrected chi connectivity index (χ2v) is 5.02. The summed E-state index contributed by atoms with van der Waals surface area (Å²) in [6.07, 6.45) is 0. The molecule has 1 rings (SSSR count). The van der Waals surface area contributed by atoms with E-state index in [0.29, 0.717) is 32.7 Å². The van der Waals surface area contributed by atoms with E-state index < -0.39 is 5.54 Å². The number of nitrogens with zero attached hydrogens (tertiary/aromatic N) is 2. The third kappa shape index (κ3) is 3.68. The SMILES string of the molecule is CNC(C)(C)C(=O)N1CCN(CC(=O)OC)CC1. The number of carbonyl (C=O) groups excluding carboxylic acids is 2. The molecule has 0 aromatic heterocycles. The van der Waals surface area contributed by atoms with Gasteiger partial charge in [-0.3, -0.25) is 14.5 Å². The smallest absolute Gasteiger partial charge is 0.319 e. The van der Waals surface area contributed by atoms with Gasteiger partial charge in [0.05, 0.1) is 19.2 Å². The van der Waals surface area contributed by atoms with Crippen LogP contribution in [-0.2, 0) is 14.3 Å². The van der Waals surface area contributed by atoms with Crippen molar-refractivity contribution in [2.45, 2.75) is 19.4 Å². The molecule has 6 nitrogen and oxygen atoms in total. The third-order valence-electron chi connectivity index (χ3n) is 3.40. The van der Waals surface area contributed by atoms with Gasteiger partial charge in [-0.25, -0.2) is 0 Å². The first-order valence-electron chi connectivity index (χ1n) is 6.18. The van der Waals surface area contributed by atoms with Crippen LogP contribution >= 0.6 is 0 Å². The molecule has 1 amide bonds. The molecule has 1 N–H and O–H groups in total. The van der Waals surface area contributed by atoms with Crippen molar-refractivity contribution in [1.29, 1.82) is 0 Å². The van der Waals surface area contributed by atoms with Crippen LogP contribution in [0.1, 0.15) is 13.8 Å². The largest absolute Gasteiger partial charge is 0.468 e. The molecule has 0 spiro atoms. The predicted octanol–water partition coefficient (Wildman–Crippen LogP) is -0.698. The van der Waals surface area contributed by atoms with Crippen LogP contribution in [0, 0.1) is 0 Å². The van der Waals surface area contributed by atoms with Gasteiger partial charge < -0.3 is 15.0 Å². The highest BCUT2D eigenvalue weighted by atomic mass is 16.5. The topological polar surface area (TPSA) is 61.9 Å². The Labute approximate surface area is 108 Å². The number of rotatable bonds is 4. The summed E-state index contributed by atoms with van der Waals surface area (Å²) in [4.78, 5) is 27.2. The molecule has 1 heterocycles. The molecule has 1 aliphatic rings. The molecule has 0 aliphatic carbocycles. The van der Waals surface area contributed by atoms with Gasteiger partial charge in [0.25, 0.3) is 0 Å². The standard InChI is InChI=1S/C12H23N3O3/c1-12(2,13-3)11(17)15-7-5-14(6-8-15)9-10(16)18-4/h13H,5-9H2,1-4H3. The Hall–Kier alpha value is -1.14. The van der Waals surface area contributed by atoms with E-state index in [1.807, 2.05) is 23.6 Å². The van der Waals surface area contributed by atoms with Gasteiger partial charge in [0.1, 0.15) is 0 Å².